The number of hydrogen-bond acceptors (Lipinski definition) is 5. The van der Waals surface area contributed by atoms with Crippen LogP contribution in [0, 0.1) is 0 Å². The number of hydrogen-bond donors (Lipinski definition) is 1. The van der Waals surface area contributed by atoms with E-state index in [1.807, 2.05) is 0 Å². The maximum atomic E-state index is 12.6. The van der Waals surface area contributed by atoms with E-state index < -0.39 is 0 Å². The smallest absolute Gasteiger partial charge is 0.272 e. The zero-order valence-corrected chi connectivity index (χ0v) is 16.1. The molecule has 0 fully saturated rings. The van der Waals surface area contributed by atoms with Crippen molar-refractivity contribution < 1.29 is 19.1 Å². The Hall–Kier alpha value is -3.09. The minimum absolute atomic E-state index is 0.208. The SMILES string of the molecule is CCCCN(C)C(=O)c1cc(C(=O)Nc2ccc(OC)cc2OC)ccn1. The van der Waals surface area contributed by atoms with Gasteiger partial charge in [0.1, 0.15) is 17.2 Å². The molecule has 0 spiro atoms. The molecule has 27 heavy (non-hydrogen) atoms. The minimum Gasteiger partial charge on any atom is -0.497 e. The average Bonchev–Trinajstić information content (AvgIpc) is 2.71. The monoisotopic (exact) mass is 371 g/mol. The Labute approximate surface area is 159 Å². The van der Waals surface area contributed by atoms with E-state index >= 15 is 0 Å². The number of unbranched alkanes of at least 4 members (excludes halogenated alkanes) is 1. The van der Waals surface area contributed by atoms with Crippen LogP contribution in [-0.2, 0) is 0 Å². The van der Waals surface area contributed by atoms with Crippen LogP contribution in [0.2, 0.25) is 0 Å². The molecule has 2 rings (SSSR count). The molecule has 0 bridgehead atoms. The van der Waals surface area contributed by atoms with Crippen LogP contribution < -0.4 is 14.8 Å². The summed E-state index contributed by atoms with van der Waals surface area (Å²) < 4.78 is 10.4. The lowest BCUT2D eigenvalue weighted by Gasteiger charge is -2.16. The van der Waals surface area contributed by atoms with Crippen molar-refractivity contribution in [3.63, 3.8) is 0 Å². The van der Waals surface area contributed by atoms with Crippen LogP contribution in [0.5, 0.6) is 11.5 Å². The summed E-state index contributed by atoms with van der Waals surface area (Å²) in [7, 11) is 4.80. The zero-order valence-electron chi connectivity index (χ0n) is 16.1. The summed E-state index contributed by atoms with van der Waals surface area (Å²) >= 11 is 0. The number of anilines is 1. The molecule has 2 aromatic rings. The van der Waals surface area contributed by atoms with Gasteiger partial charge in [-0.2, -0.15) is 0 Å². The molecule has 1 N–H and O–H groups in total. The number of carbonyl (C=O) groups excluding carboxylic acids is 2. The minimum atomic E-state index is -0.355. The summed E-state index contributed by atoms with van der Waals surface area (Å²) in [6, 6.07) is 8.16. The summed E-state index contributed by atoms with van der Waals surface area (Å²) in [5, 5.41) is 2.79. The van der Waals surface area contributed by atoms with Crippen LogP contribution in [0.4, 0.5) is 5.69 Å². The lowest BCUT2D eigenvalue weighted by molar-refractivity contribution is 0.0787. The number of benzene rings is 1. The highest BCUT2D eigenvalue weighted by Crippen LogP contribution is 2.29. The average molecular weight is 371 g/mol. The third kappa shape index (κ3) is 5.20. The largest absolute Gasteiger partial charge is 0.497 e. The van der Waals surface area contributed by atoms with Gasteiger partial charge in [-0.1, -0.05) is 13.3 Å². The predicted molar refractivity (Wildman–Crippen MR) is 104 cm³/mol. The number of aromatic nitrogens is 1. The number of rotatable bonds is 8. The van der Waals surface area contributed by atoms with Crippen molar-refractivity contribution in [3.05, 3.63) is 47.8 Å². The molecule has 0 saturated heterocycles. The molecule has 0 aliphatic carbocycles. The Morgan fingerprint density at radius 2 is 1.93 bits per heavy atom. The Morgan fingerprint density at radius 3 is 2.59 bits per heavy atom. The van der Waals surface area contributed by atoms with Crippen molar-refractivity contribution in [1.29, 1.82) is 0 Å². The number of methoxy groups -OCH3 is 2. The fourth-order valence-corrected chi connectivity index (χ4v) is 2.48. The number of carbonyl (C=O) groups is 2. The molecule has 144 valence electrons. The standard InChI is InChI=1S/C20H25N3O4/c1-5-6-11-23(2)20(25)17-12-14(9-10-21-17)19(24)22-16-8-7-15(26-3)13-18(16)27-4/h7-10,12-13H,5-6,11H2,1-4H3,(H,22,24). The molecule has 1 aromatic carbocycles. The molecule has 7 heteroatoms. The van der Waals surface area contributed by atoms with E-state index in [0.717, 1.165) is 12.8 Å². The first-order chi connectivity index (χ1) is 13.0. The molecule has 7 nitrogen and oxygen atoms in total. The highest BCUT2D eigenvalue weighted by molar-refractivity contribution is 6.06. The van der Waals surface area contributed by atoms with Gasteiger partial charge in [0.05, 0.1) is 19.9 Å². The van der Waals surface area contributed by atoms with Crippen molar-refractivity contribution in [2.45, 2.75) is 19.8 Å². The van der Waals surface area contributed by atoms with Gasteiger partial charge >= 0.3 is 0 Å². The van der Waals surface area contributed by atoms with Crippen molar-refractivity contribution in [1.82, 2.24) is 9.88 Å². The fourth-order valence-electron chi connectivity index (χ4n) is 2.48. The van der Waals surface area contributed by atoms with Gasteiger partial charge < -0.3 is 19.7 Å². The van der Waals surface area contributed by atoms with E-state index in [0.29, 0.717) is 29.3 Å². The molecule has 1 aromatic heterocycles. The number of nitrogens with one attached hydrogen (secondary N) is 1. The Balaban J connectivity index is 2.17. The Bertz CT molecular complexity index is 808. The predicted octanol–water partition coefficient (Wildman–Crippen LogP) is 3.22. The molecule has 0 aliphatic rings. The summed E-state index contributed by atoms with van der Waals surface area (Å²) in [5.41, 5.74) is 1.09. The maximum Gasteiger partial charge on any atom is 0.272 e. The number of nitrogens with zero attached hydrogens (tertiary/aromatic N) is 2. The van der Waals surface area contributed by atoms with Gasteiger partial charge in [0, 0.05) is 31.4 Å². The van der Waals surface area contributed by atoms with Crippen molar-refractivity contribution in [3.8, 4) is 11.5 Å². The summed E-state index contributed by atoms with van der Waals surface area (Å²) in [4.78, 5) is 30.8. The summed E-state index contributed by atoms with van der Waals surface area (Å²) in [6.45, 7) is 2.71. The number of pyridine rings is 1. The van der Waals surface area contributed by atoms with E-state index in [2.05, 4.69) is 17.2 Å². The van der Waals surface area contributed by atoms with Gasteiger partial charge in [0.25, 0.3) is 11.8 Å². The van der Waals surface area contributed by atoms with Crippen LogP contribution in [0.15, 0.2) is 36.5 Å². The molecule has 0 radical (unpaired) electrons. The second kappa shape index (κ2) is 9.56. The van der Waals surface area contributed by atoms with Crippen LogP contribution in [0.3, 0.4) is 0 Å². The van der Waals surface area contributed by atoms with E-state index in [1.165, 1.54) is 19.4 Å². The van der Waals surface area contributed by atoms with E-state index in [4.69, 9.17) is 9.47 Å². The fraction of sp³-hybridized carbons (Fsp3) is 0.350. The Kier molecular flexibility index (Phi) is 7.16. The zero-order chi connectivity index (χ0) is 19.8. The van der Waals surface area contributed by atoms with Gasteiger partial charge in [-0.05, 0) is 30.7 Å². The number of amides is 2. The molecular weight excluding hydrogens is 346 g/mol. The summed E-state index contributed by atoms with van der Waals surface area (Å²) in [6.07, 6.45) is 3.37. The molecule has 1 heterocycles. The quantitative estimate of drug-likeness (QED) is 0.771. The molecule has 0 saturated carbocycles. The van der Waals surface area contributed by atoms with E-state index in [1.54, 1.807) is 43.3 Å². The highest BCUT2D eigenvalue weighted by atomic mass is 16.5. The topological polar surface area (TPSA) is 80.8 Å². The second-order valence-corrected chi connectivity index (χ2v) is 6.03. The van der Waals surface area contributed by atoms with E-state index in [9.17, 15) is 9.59 Å². The number of ether oxygens (including phenoxy) is 2. The third-order valence-corrected chi connectivity index (χ3v) is 4.09. The molecule has 0 unspecified atom stereocenters. The van der Waals surface area contributed by atoms with Crippen LogP contribution in [0.1, 0.15) is 40.6 Å². The second-order valence-electron chi connectivity index (χ2n) is 6.03. The Morgan fingerprint density at radius 1 is 1.15 bits per heavy atom. The van der Waals surface area contributed by atoms with Crippen molar-refractivity contribution in [2.24, 2.45) is 0 Å². The van der Waals surface area contributed by atoms with Crippen molar-refractivity contribution >= 4 is 17.5 Å². The molecular formula is C20H25N3O4. The van der Waals surface area contributed by atoms with Gasteiger partial charge in [-0.25, -0.2) is 0 Å². The lowest BCUT2D eigenvalue weighted by Crippen LogP contribution is -2.28. The first-order valence-electron chi connectivity index (χ1n) is 8.75. The maximum absolute atomic E-state index is 12.6. The molecule has 2 amide bonds. The van der Waals surface area contributed by atoms with Gasteiger partial charge in [-0.3, -0.25) is 14.6 Å². The van der Waals surface area contributed by atoms with Crippen LogP contribution in [0.25, 0.3) is 0 Å². The van der Waals surface area contributed by atoms with Crippen LogP contribution in [-0.4, -0.2) is 49.5 Å². The highest BCUT2D eigenvalue weighted by Gasteiger charge is 2.16. The third-order valence-electron chi connectivity index (χ3n) is 4.09. The normalized spacial score (nSPS) is 10.2. The summed E-state index contributed by atoms with van der Waals surface area (Å²) in [5.74, 6) is 0.537. The lowest BCUT2D eigenvalue weighted by atomic mass is 10.2. The first kappa shape index (κ1) is 20.2. The first-order valence-corrected chi connectivity index (χ1v) is 8.75. The van der Waals surface area contributed by atoms with Gasteiger partial charge in [0.2, 0.25) is 0 Å². The van der Waals surface area contributed by atoms with E-state index in [-0.39, 0.29) is 17.5 Å². The van der Waals surface area contributed by atoms with Crippen LogP contribution >= 0.6 is 0 Å². The van der Waals surface area contributed by atoms with Crippen molar-refractivity contribution in [2.75, 3.05) is 33.1 Å². The molecule has 0 atom stereocenters. The molecule has 0 aliphatic heterocycles. The van der Waals surface area contributed by atoms with Gasteiger partial charge in [-0.15, -0.1) is 0 Å². The van der Waals surface area contributed by atoms with Gasteiger partial charge in [0.15, 0.2) is 0 Å².